The third-order valence-electron chi connectivity index (χ3n) is 4.19. The van der Waals surface area contributed by atoms with E-state index in [1.807, 2.05) is 32.0 Å². The summed E-state index contributed by atoms with van der Waals surface area (Å²) in [6.45, 7) is 3.79. The maximum absolute atomic E-state index is 12.7. The van der Waals surface area contributed by atoms with E-state index in [1.165, 1.54) is 19.2 Å². The van der Waals surface area contributed by atoms with Crippen molar-refractivity contribution in [1.82, 2.24) is 4.31 Å². The zero-order valence-electron chi connectivity index (χ0n) is 13.9. The van der Waals surface area contributed by atoms with Crippen LogP contribution in [0.25, 0.3) is 0 Å². The standard InChI is InChI=1S/C18H21NO4S/c1-13-8-7-9-14(2)16(13)12-17(18(20)21)19(3)24(22,23)15-10-5-4-6-11-15/h4-11,17H,12H2,1-3H3,(H,20,21)/t17-/m0/s1. The fourth-order valence-corrected chi connectivity index (χ4v) is 4.00. The van der Waals surface area contributed by atoms with Gasteiger partial charge < -0.3 is 5.11 Å². The second-order valence-corrected chi connectivity index (χ2v) is 7.76. The number of sulfonamides is 1. The number of hydrogen-bond acceptors (Lipinski definition) is 3. The molecule has 0 aliphatic heterocycles. The molecule has 1 N–H and O–H groups in total. The maximum atomic E-state index is 12.7. The summed E-state index contributed by atoms with van der Waals surface area (Å²) in [5, 5.41) is 9.59. The van der Waals surface area contributed by atoms with Crippen molar-refractivity contribution in [3.63, 3.8) is 0 Å². The molecule has 24 heavy (non-hydrogen) atoms. The first-order valence-electron chi connectivity index (χ1n) is 7.56. The zero-order valence-corrected chi connectivity index (χ0v) is 14.7. The molecule has 0 saturated carbocycles. The summed E-state index contributed by atoms with van der Waals surface area (Å²) < 4.78 is 26.3. The van der Waals surface area contributed by atoms with Gasteiger partial charge in [0.25, 0.3) is 0 Å². The molecule has 0 radical (unpaired) electrons. The number of rotatable bonds is 6. The van der Waals surface area contributed by atoms with Gasteiger partial charge in [0.2, 0.25) is 10.0 Å². The summed E-state index contributed by atoms with van der Waals surface area (Å²) in [4.78, 5) is 11.8. The topological polar surface area (TPSA) is 74.7 Å². The van der Waals surface area contributed by atoms with Crippen molar-refractivity contribution >= 4 is 16.0 Å². The van der Waals surface area contributed by atoms with Crippen molar-refractivity contribution in [2.75, 3.05) is 7.05 Å². The second kappa shape index (κ2) is 7.15. The van der Waals surface area contributed by atoms with Crippen LogP contribution in [0.4, 0.5) is 0 Å². The van der Waals surface area contributed by atoms with Crippen LogP contribution >= 0.6 is 0 Å². The first-order valence-corrected chi connectivity index (χ1v) is 9.00. The highest BCUT2D eigenvalue weighted by atomic mass is 32.2. The van der Waals surface area contributed by atoms with Crippen molar-refractivity contribution in [2.24, 2.45) is 0 Å². The number of nitrogens with zero attached hydrogens (tertiary/aromatic N) is 1. The highest BCUT2D eigenvalue weighted by Crippen LogP contribution is 2.22. The first kappa shape index (κ1) is 18.2. The van der Waals surface area contributed by atoms with Gasteiger partial charge >= 0.3 is 5.97 Å². The van der Waals surface area contributed by atoms with E-state index in [4.69, 9.17) is 0 Å². The normalized spacial score (nSPS) is 13.0. The van der Waals surface area contributed by atoms with Gasteiger partial charge in [0.05, 0.1) is 4.90 Å². The Labute approximate surface area is 142 Å². The molecule has 0 spiro atoms. The van der Waals surface area contributed by atoms with Gasteiger partial charge in [-0.15, -0.1) is 0 Å². The van der Waals surface area contributed by atoms with Crippen LogP contribution in [-0.4, -0.2) is 36.9 Å². The van der Waals surface area contributed by atoms with Crippen molar-refractivity contribution in [3.8, 4) is 0 Å². The molecule has 1 atom stereocenters. The highest BCUT2D eigenvalue weighted by Gasteiger charge is 2.33. The number of aliphatic carboxylic acids is 1. The van der Waals surface area contributed by atoms with Gasteiger partial charge in [0.1, 0.15) is 6.04 Å². The van der Waals surface area contributed by atoms with E-state index in [0.29, 0.717) is 0 Å². The first-order chi connectivity index (χ1) is 11.2. The van der Waals surface area contributed by atoms with Gasteiger partial charge in [-0.3, -0.25) is 4.79 Å². The molecule has 2 aromatic rings. The lowest BCUT2D eigenvalue weighted by Crippen LogP contribution is -2.44. The predicted octanol–water partition coefficient (Wildman–Crippen LogP) is 2.62. The van der Waals surface area contributed by atoms with E-state index in [2.05, 4.69) is 0 Å². The van der Waals surface area contributed by atoms with Crippen molar-refractivity contribution < 1.29 is 18.3 Å². The Morgan fingerprint density at radius 1 is 1.04 bits per heavy atom. The van der Waals surface area contributed by atoms with Crippen LogP contribution in [0, 0.1) is 13.8 Å². The molecular formula is C18H21NO4S. The summed E-state index contributed by atoms with van der Waals surface area (Å²) >= 11 is 0. The average Bonchev–Trinajstić information content (AvgIpc) is 2.54. The Morgan fingerprint density at radius 3 is 2.08 bits per heavy atom. The van der Waals surface area contributed by atoms with Gasteiger partial charge in [-0.1, -0.05) is 36.4 Å². The Morgan fingerprint density at radius 2 is 1.58 bits per heavy atom. The number of carboxylic acids is 1. The van der Waals surface area contributed by atoms with E-state index in [1.54, 1.807) is 18.2 Å². The third-order valence-corrected chi connectivity index (χ3v) is 6.07. The smallest absolute Gasteiger partial charge is 0.322 e. The van der Waals surface area contributed by atoms with Gasteiger partial charge in [-0.25, -0.2) is 8.42 Å². The quantitative estimate of drug-likeness (QED) is 0.872. The Hall–Kier alpha value is -2.18. The van der Waals surface area contributed by atoms with E-state index in [9.17, 15) is 18.3 Å². The number of carbonyl (C=O) groups is 1. The van der Waals surface area contributed by atoms with Crippen LogP contribution in [-0.2, 0) is 21.2 Å². The number of likely N-dealkylation sites (N-methyl/N-ethyl adjacent to an activating group) is 1. The fraction of sp³-hybridized carbons (Fsp3) is 0.278. The Balaban J connectivity index is 2.39. The molecule has 0 amide bonds. The molecule has 0 unspecified atom stereocenters. The number of aryl methyl sites for hydroxylation is 2. The lowest BCUT2D eigenvalue weighted by Gasteiger charge is -2.25. The van der Waals surface area contributed by atoms with Crippen LogP contribution in [0.1, 0.15) is 16.7 Å². The average molecular weight is 347 g/mol. The fourth-order valence-electron chi connectivity index (χ4n) is 2.66. The van der Waals surface area contributed by atoms with Crippen molar-refractivity contribution in [2.45, 2.75) is 31.2 Å². The van der Waals surface area contributed by atoms with Crippen molar-refractivity contribution in [1.29, 1.82) is 0 Å². The second-order valence-electron chi connectivity index (χ2n) is 5.76. The molecule has 5 nitrogen and oxygen atoms in total. The maximum Gasteiger partial charge on any atom is 0.322 e. The van der Waals surface area contributed by atoms with Gasteiger partial charge in [-0.05, 0) is 42.7 Å². The summed E-state index contributed by atoms with van der Waals surface area (Å²) in [5.74, 6) is -1.17. The van der Waals surface area contributed by atoms with Crippen LogP contribution in [0.15, 0.2) is 53.4 Å². The van der Waals surface area contributed by atoms with Crippen LogP contribution in [0.3, 0.4) is 0 Å². The molecule has 2 rings (SSSR count). The molecule has 0 heterocycles. The lowest BCUT2D eigenvalue weighted by atomic mass is 9.96. The summed E-state index contributed by atoms with van der Waals surface area (Å²) in [6.07, 6.45) is 0.121. The van der Waals surface area contributed by atoms with Crippen LogP contribution in [0.2, 0.25) is 0 Å². The van der Waals surface area contributed by atoms with E-state index in [-0.39, 0.29) is 11.3 Å². The van der Waals surface area contributed by atoms with Crippen LogP contribution < -0.4 is 0 Å². The molecule has 0 aliphatic carbocycles. The monoisotopic (exact) mass is 347 g/mol. The molecular weight excluding hydrogens is 326 g/mol. The molecule has 0 aromatic heterocycles. The summed E-state index contributed by atoms with van der Waals surface area (Å²) in [5.41, 5.74) is 2.76. The molecule has 6 heteroatoms. The SMILES string of the molecule is Cc1cccc(C)c1C[C@@H](C(=O)O)N(C)S(=O)(=O)c1ccccc1. The minimum Gasteiger partial charge on any atom is -0.480 e. The summed E-state index contributed by atoms with van der Waals surface area (Å²) in [7, 11) is -2.56. The van der Waals surface area contributed by atoms with E-state index < -0.39 is 22.0 Å². The molecule has 0 saturated heterocycles. The molecule has 0 fully saturated rings. The third kappa shape index (κ3) is 3.66. The van der Waals surface area contributed by atoms with Gasteiger partial charge in [0.15, 0.2) is 0 Å². The number of benzene rings is 2. The largest absolute Gasteiger partial charge is 0.480 e. The van der Waals surface area contributed by atoms with Gasteiger partial charge in [0, 0.05) is 13.5 Å². The van der Waals surface area contributed by atoms with E-state index in [0.717, 1.165) is 21.0 Å². The predicted molar refractivity (Wildman–Crippen MR) is 92.4 cm³/mol. The van der Waals surface area contributed by atoms with Crippen LogP contribution in [0.5, 0.6) is 0 Å². The number of hydrogen-bond donors (Lipinski definition) is 1. The van der Waals surface area contributed by atoms with Crippen molar-refractivity contribution in [3.05, 3.63) is 65.2 Å². The summed E-state index contributed by atoms with van der Waals surface area (Å²) in [6, 6.07) is 12.4. The molecule has 0 aliphatic rings. The Kier molecular flexibility index (Phi) is 5.41. The molecule has 0 bridgehead atoms. The lowest BCUT2D eigenvalue weighted by molar-refractivity contribution is -0.141. The minimum atomic E-state index is -3.88. The molecule has 128 valence electrons. The van der Waals surface area contributed by atoms with E-state index >= 15 is 0 Å². The zero-order chi connectivity index (χ0) is 17.9. The Bertz CT molecular complexity index is 811. The highest BCUT2D eigenvalue weighted by molar-refractivity contribution is 7.89. The number of carboxylic acid groups (broad SMARTS) is 1. The van der Waals surface area contributed by atoms with Gasteiger partial charge in [-0.2, -0.15) is 4.31 Å². The molecule has 2 aromatic carbocycles. The minimum absolute atomic E-state index is 0.0836.